The summed E-state index contributed by atoms with van der Waals surface area (Å²) < 4.78 is 12.3. The maximum atomic E-state index is 12.9. The average Bonchev–Trinajstić information content (AvgIpc) is 3.55. The van der Waals surface area contributed by atoms with Crippen molar-refractivity contribution in [2.45, 2.75) is 58.7 Å². The molecule has 8 nitrogen and oxygen atoms in total. The molecular formula is C36H36N4O4. The lowest BCUT2D eigenvalue weighted by molar-refractivity contribution is -0.160. The van der Waals surface area contributed by atoms with Crippen molar-refractivity contribution in [3.05, 3.63) is 77.7 Å². The van der Waals surface area contributed by atoms with Gasteiger partial charge in [0.2, 0.25) is 5.95 Å². The summed E-state index contributed by atoms with van der Waals surface area (Å²) in [4.78, 5) is 29.3. The Labute approximate surface area is 256 Å². The van der Waals surface area contributed by atoms with Crippen LogP contribution in [0.2, 0.25) is 0 Å². The molecule has 0 spiro atoms. The zero-order valence-corrected chi connectivity index (χ0v) is 25.6. The average molecular weight is 589 g/mol. The molecule has 1 saturated heterocycles. The zero-order valence-electron chi connectivity index (χ0n) is 25.6. The van der Waals surface area contributed by atoms with Crippen LogP contribution in [0.1, 0.15) is 56.4 Å². The van der Waals surface area contributed by atoms with Crippen LogP contribution in [-0.2, 0) is 16.0 Å². The maximum absolute atomic E-state index is 12.9. The third-order valence-corrected chi connectivity index (χ3v) is 8.54. The van der Waals surface area contributed by atoms with Crippen LogP contribution in [0.15, 0.2) is 61.1 Å². The number of carbonyl (C=O) groups is 1. The van der Waals surface area contributed by atoms with Gasteiger partial charge in [0.1, 0.15) is 5.75 Å². The van der Waals surface area contributed by atoms with Crippen molar-refractivity contribution in [2.75, 3.05) is 24.6 Å². The number of ether oxygens (including phenoxy) is 2. The van der Waals surface area contributed by atoms with E-state index in [1.165, 1.54) is 18.4 Å². The van der Waals surface area contributed by atoms with Crippen molar-refractivity contribution < 1.29 is 19.4 Å². The van der Waals surface area contributed by atoms with E-state index in [0.29, 0.717) is 12.2 Å². The molecule has 224 valence electrons. The van der Waals surface area contributed by atoms with E-state index in [1.54, 1.807) is 0 Å². The van der Waals surface area contributed by atoms with E-state index in [1.807, 2.05) is 64.5 Å². The van der Waals surface area contributed by atoms with Gasteiger partial charge in [-0.25, -0.2) is 14.8 Å². The molecule has 7 rings (SSSR count). The van der Waals surface area contributed by atoms with Crippen LogP contribution in [0.4, 0.5) is 5.95 Å². The van der Waals surface area contributed by atoms with Crippen molar-refractivity contribution in [3.8, 4) is 28.0 Å². The molecule has 2 aliphatic heterocycles. The van der Waals surface area contributed by atoms with Crippen molar-refractivity contribution in [3.63, 3.8) is 0 Å². The van der Waals surface area contributed by atoms with Gasteiger partial charge in [0, 0.05) is 60.2 Å². The number of aryl methyl sites for hydroxylation is 1. The summed E-state index contributed by atoms with van der Waals surface area (Å²) in [6.07, 6.45) is 7.57. The van der Waals surface area contributed by atoms with Gasteiger partial charge in [-0.05, 0) is 97.8 Å². The minimum atomic E-state index is -1.18. The summed E-state index contributed by atoms with van der Waals surface area (Å²) in [5.74, 6) is 0.541. The van der Waals surface area contributed by atoms with E-state index in [2.05, 4.69) is 39.1 Å². The summed E-state index contributed by atoms with van der Waals surface area (Å²) in [6.45, 7) is 10.2. The van der Waals surface area contributed by atoms with Gasteiger partial charge in [-0.15, -0.1) is 0 Å². The molecule has 1 N–H and O–H groups in total. The van der Waals surface area contributed by atoms with Crippen molar-refractivity contribution in [2.24, 2.45) is 0 Å². The Morgan fingerprint density at radius 3 is 2.50 bits per heavy atom. The Balaban J connectivity index is 1.45. The molecule has 0 unspecified atom stereocenters. The standard InChI is InChI=1S/C36H36N4O4/c1-21-17-24-18-23(25-19-38-35(39-20-25)40-14-5-6-15-40)7-8-26(24)31(29(21)33(34(41)42)44-36(2,3)4)27-9-10-28-30-22(12-16-43-28)11-13-37-32(27)30/h7-11,13,17-20,33H,5-6,12,14-16H2,1-4H3,(H,41,42)/t33-/m0/s1. The highest BCUT2D eigenvalue weighted by Crippen LogP contribution is 2.45. The Morgan fingerprint density at radius 1 is 1.00 bits per heavy atom. The van der Waals surface area contributed by atoms with Crippen molar-refractivity contribution in [1.82, 2.24) is 15.0 Å². The molecule has 8 heteroatoms. The largest absolute Gasteiger partial charge is 0.493 e. The number of nitrogens with zero attached hydrogens (tertiary/aromatic N) is 4. The minimum Gasteiger partial charge on any atom is -0.493 e. The second kappa shape index (κ2) is 10.9. The number of carboxylic acid groups (broad SMARTS) is 1. The third kappa shape index (κ3) is 5.03. The lowest BCUT2D eigenvalue weighted by atomic mass is 9.85. The van der Waals surface area contributed by atoms with E-state index in [9.17, 15) is 9.90 Å². The molecule has 2 aliphatic rings. The zero-order chi connectivity index (χ0) is 30.6. The van der Waals surface area contributed by atoms with Crippen LogP contribution >= 0.6 is 0 Å². The first-order valence-corrected chi connectivity index (χ1v) is 15.3. The van der Waals surface area contributed by atoms with E-state index in [0.717, 1.165) is 80.7 Å². The van der Waals surface area contributed by atoms with Gasteiger partial charge < -0.3 is 19.5 Å². The number of pyridine rings is 1. The predicted molar refractivity (Wildman–Crippen MR) is 172 cm³/mol. The number of rotatable bonds is 6. The number of fused-ring (bicyclic) bond motifs is 1. The number of hydrogen-bond donors (Lipinski definition) is 1. The Morgan fingerprint density at radius 2 is 1.77 bits per heavy atom. The number of carboxylic acids is 1. The van der Waals surface area contributed by atoms with Gasteiger partial charge in [-0.1, -0.05) is 18.2 Å². The Hall–Kier alpha value is -4.56. The van der Waals surface area contributed by atoms with Gasteiger partial charge in [-0.3, -0.25) is 4.98 Å². The van der Waals surface area contributed by atoms with Crippen LogP contribution in [0.5, 0.6) is 5.75 Å². The summed E-state index contributed by atoms with van der Waals surface area (Å²) in [7, 11) is 0. The van der Waals surface area contributed by atoms with Crippen LogP contribution in [-0.4, -0.2) is 51.3 Å². The van der Waals surface area contributed by atoms with Gasteiger partial charge in [0.15, 0.2) is 6.10 Å². The van der Waals surface area contributed by atoms with Crippen LogP contribution in [0, 0.1) is 6.92 Å². The van der Waals surface area contributed by atoms with Gasteiger partial charge >= 0.3 is 5.97 Å². The predicted octanol–water partition coefficient (Wildman–Crippen LogP) is 7.30. The molecule has 1 atom stereocenters. The van der Waals surface area contributed by atoms with Crippen LogP contribution < -0.4 is 9.64 Å². The summed E-state index contributed by atoms with van der Waals surface area (Å²) in [5.41, 5.74) is 6.34. The van der Waals surface area contributed by atoms with E-state index < -0.39 is 17.7 Å². The molecular weight excluding hydrogens is 552 g/mol. The molecule has 5 aromatic rings. The molecule has 44 heavy (non-hydrogen) atoms. The molecule has 3 aromatic carbocycles. The smallest absolute Gasteiger partial charge is 0.337 e. The minimum absolute atomic E-state index is 0.621. The quantitative estimate of drug-likeness (QED) is 0.221. The van der Waals surface area contributed by atoms with Crippen LogP contribution in [0.3, 0.4) is 0 Å². The lowest BCUT2D eigenvalue weighted by Crippen LogP contribution is -2.28. The molecule has 0 aliphatic carbocycles. The highest BCUT2D eigenvalue weighted by atomic mass is 16.5. The van der Waals surface area contributed by atoms with Gasteiger partial charge in [-0.2, -0.15) is 0 Å². The maximum Gasteiger partial charge on any atom is 0.337 e. The van der Waals surface area contributed by atoms with E-state index in [-0.39, 0.29) is 0 Å². The molecule has 4 heterocycles. The number of aliphatic carboxylic acids is 1. The fourth-order valence-electron chi connectivity index (χ4n) is 6.61. The van der Waals surface area contributed by atoms with Crippen molar-refractivity contribution in [1.29, 1.82) is 0 Å². The first kappa shape index (κ1) is 28.2. The molecule has 0 bridgehead atoms. The van der Waals surface area contributed by atoms with Crippen LogP contribution in [0.25, 0.3) is 43.9 Å². The first-order valence-electron chi connectivity index (χ1n) is 15.3. The molecule has 0 amide bonds. The second-order valence-electron chi connectivity index (χ2n) is 12.7. The highest BCUT2D eigenvalue weighted by molar-refractivity contribution is 6.09. The third-order valence-electron chi connectivity index (χ3n) is 8.54. The van der Waals surface area contributed by atoms with Gasteiger partial charge in [0.05, 0.1) is 17.7 Å². The lowest BCUT2D eigenvalue weighted by Gasteiger charge is -2.29. The first-order chi connectivity index (χ1) is 21.2. The Kier molecular flexibility index (Phi) is 6.97. The number of anilines is 1. The van der Waals surface area contributed by atoms with Crippen molar-refractivity contribution >= 4 is 33.6 Å². The normalized spacial score (nSPS) is 15.5. The Bertz CT molecular complexity index is 1900. The number of hydrogen-bond acceptors (Lipinski definition) is 7. The molecule has 0 saturated carbocycles. The van der Waals surface area contributed by atoms with E-state index in [4.69, 9.17) is 14.5 Å². The summed E-state index contributed by atoms with van der Waals surface area (Å²) in [6, 6.07) is 14.3. The summed E-state index contributed by atoms with van der Waals surface area (Å²) >= 11 is 0. The fourth-order valence-corrected chi connectivity index (χ4v) is 6.61. The highest BCUT2D eigenvalue weighted by Gasteiger charge is 2.32. The van der Waals surface area contributed by atoms with E-state index >= 15 is 0 Å². The molecule has 1 fully saturated rings. The monoisotopic (exact) mass is 588 g/mol. The topological polar surface area (TPSA) is 97.7 Å². The molecule has 2 aromatic heterocycles. The SMILES string of the molecule is Cc1cc2cc(-c3cnc(N4CCCC4)nc3)ccc2c(-c2ccc3c4c(ccnc24)CCO3)c1[C@H](OC(C)(C)C)C(=O)O. The molecule has 0 radical (unpaired) electrons. The number of aromatic nitrogens is 3. The number of benzene rings is 3. The summed E-state index contributed by atoms with van der Waals surface area (Å²) in [5, 5.41) is 13.4. The fraction of sp³-hybridized carbons (Fsp3) is 0.333. The van der Waals surface area contributed by atoms with Gasteiger partial charge in [0.25, 0.3) is 0 Å². The second-order valence-corrected chi connectivity index (χ2v) is 12.7.